The molecule has 114 valence electrons. The second kappa shape index (κ2) is 6.66. The normalized spacial score (nSPS) is 10.1. The second-order valence-electron chi connectivity index (χ2n) is 4.65. The molecule has 0 N–H and O–H groups in total. The van der Waals surface area contributed by atoms with E-state index in [0.29, 0.717) is 0 Å². The number of rotatable bonds is 4. The van der Waals surface area contributed by atoms with E-state index in [9.17, 15) is 14.9 Å². The van der Waals surface area contributed by atoms with Crippen LogP contribution in [-0.4, -0.2) is 16.1 Å². The first-order valence-corrected chi connectivity index (χ1v) is 6.47. The maximum atomic E-state index is 11.6. The minimum absolute atomic E-state index is 0.0479. The standard InChI is InChI=1S/C15H14N2O5/c1-10-7-12(11(2)16-8-10)9-21-15(18)22-14-5-3-13(4-6-14)17(19)20/h3-8H,9H2,1-2H3. The highest BCUT2D eigenvalue weighted by Gasteiger charge is 2.10. The predicted molar refractivity (Wildman–Crippen MR) is 77.6 cm³/mol. The molecular weight excluding hydrogens is 288 g/mol. The number of nitro groups is 1. The van der Waals surface area contributed by atoms with Gasteiger partial charge in [0, 0.05) is 29.6 Å². The lowest BCUT2D eigenvalue weighted by Gasteiger charge is -2.08. The summed E-state index contributed by atoms with van der Waals surface area (Å²) in [7, 11) is 0. The number of carbonyl (C=O) groups excluding carboxylic acids is 1. The Labute approximate surface area is 126 Å². The molecule has 0 unspecified atom stereocenters. The molecule has 0 aliphatic rings. The van der Waals surface area contributed by atoms with Gasteiger partial charge in [-0.3, -0.25) is 15.1 Å². The molecule has 0 radical (unpaired) electrons. The van der Waals surface area contributed by atoms with Crippen LogP contribution in [0.25, 0.3) is 0 Å². The monoisotopic (exact) mass is 302 g/mol. The second-order valence-corrected chi connectivity index (χ2v) is 4.65. The number of nitrogens with zero attached hydrogens (tertiary/aromatic N) is 2. The van der Waals surface area contributed by atoms with Crippen molar-refractivity contribution in [1.29, 1.82) is 0 Å². The highest BCUT2D eigenvalue weighted by Crippen LogP contribution is 2.18. The van der Waals surface area contributed by atoms with Gasteiger partial charge in [-0.25, -0.2) is 4.79 Å². The van der Waals surface area contributed by atoms with Gasteiger partial charge in [0.1, 0.15) is 12.4 Å². The van der Waals surface area contributed by atoms with E-state index < -0.39 is 11.1 Å². The number of hydrogen-bond acceptors (Lipinski definition) is 6. The van der Waals surface area contributed by atoms with Crippen LogP contribution < -0.4 is 4.74 Å². The molecule has 1 aromatic heterocycles. The molecule has 0 amide bonds. The van der Waals surface area contributed by atoms with Gasteiger partial charge < -0.3 is 9.47 Å². The summed E-state index contributed by atoms with van der Waals surface area (Å²) in [4.78, 5) is 25.8. The first-order valence-electron chi connectivity index (χ1n) is 6.47. The Morgan fingerprint density at radius 3 is 2.59 bits per heavy atom. The highest BCUT2D eigenvalue weighted by molar-refractivity contribution is 5.64. The zero-order valence-electron chi connectivity index (χ0n) is 12.1. The summed E-state index contributed by atoms with van der Waals surface area (Å²) >= 11 is 0. The number of carbonyl (C=O) groups is 1. The first kappa shape index (κ1) is 15.4. The minimum Gasteiger partial charge on any atom is -0.429 e. The predicted octanol–water partition coefficient (Wildman–Crippen LogP) is 3.32. The maximum absolute atomic E-state index is 11.6. The van der Waals surface area contributed by atoms with Crippen molar-refractivity contribution in [3.05, 3.63) is 63.5 Å². The summed E-state index contributed by atoms with van der Waals surface area (Å²) in [6.45, 7) is 3.76. The van der Waals surface area contributed by atoms with E-state index in [2.05, 4.69) is 4.98 Å². The number of benzene rings is 1. The van der Waals surface area contributed by atoms with Gasteiger partial charge in [0.15, 0.2) is 0 Å². The van der Waals surface area contributed by atoms with E-state index in [1.165, 1.54) is 24.3 Å². The molecule has 2 aromatic rings. The third-order valence-electron chi connectivity index (χ3n) is 2.92. The molecule has 1 heterocycles. The lowest BCUT2D eigenvalue weighted by Crippen LogP contribution is -2.11. The van der Waals surface area contributed by atoms with Gasteiger partial charge >= 0.3 is 6.16 Å². The summed E-state index contributed by atoms with van der Waals surface area (Å²) in [5, 5.41) is 10.5. The van der Waals surface area contributed by atoms with Gasteiger partial charge in [0.05, 0.1) is 4.92 Å². The SMILES string of the molecule is Cc1cnc(C)c(COC(=O)Oc2ccc([N+](=O)[O-])cc2)c1. The number of aryl methyl sites for hydroxylation is 2. The van der Waals surface area contributed by atoms with Crippen LogP contribution >= 0.6 is 0 Å². The van der Waals surface area contributed by atoms with Crippen LogP contribution in [0.1, 0.15) is 16.8 Å². The molecule has 0 saturated carbocycles. The number of ether oxygens (including phenoxy) is 2. The van der Waals surface area contributed by atoms with Gasteiger partial charge in [-0.05, 0) is 37.6 Å². The number of nitro benzene ring substituents is 1. The fourth-order valence-corrected chi connectivity index (χ4v) is 1.74. The molecule has 0 fully saturated rings. The first-order chi connectivity index (χ1) is 10.5. The molecule has 2 rings (SSSR count). The topological polar surface area (TPSA) is 91.6 Å². The number of non-ortho nitro benzene ring substituents is 1. The quantitative estimate of drug-likeness (QED) is 0.372. The summed E-state index contributed by atoms with van der Waals surface area (Å²) < 4.78 is 9.95. The third-order valence-corrected chi connectivity index (χ3v) is 2.92. The van der Waals surface area contributed by atoms with Gasteiger partial charge in [-0.2, -0.15) is 0 Å². The Hall–Kier alpha value is -2.96. The van der Waals surface area contributed by atoms with E-state index >= 15 is 0 Å². The molecule has 0 saturated heterocycles. The van der Waals surface area contributed by atoms with Crippen molar-refractivity contribution in [2.24, 2.45) is 0 Å². The van der Waals surface area contributed by atoms with Crippen molar-refractivity contribution in [3.8, 4) is 5.75 Å². The summed E-state index contributed by atoms with van der Waals surface area (Å²) in [5.41, 5.74) is 2.45. The van der Waals surface area contributed by atoms with Crippen LogP contribution in [-0.2, 0) is 11.3 Å². The summed E-state index contributed by atoms with van der Waals surface area (Å²) in [6.07, 6.45) is 0.850. The lowest BCUT2D eigenvalue weighted by atomic mass is 10.2. The van der Waals surface area contributed by atoms with E-state index in [1.54, 1.807) is 6.20 Å². The van der Waals surface area contributed by atoms with Crippen LogP contribution in [0.3, 0.4) is 0 Å². The Morgan fingerprint density at radius 1 is 1.27 bits per heavy atom. The number of pyridine rings is 1. The van der Waals surface area contributed by atoms with Crippen LogP contribution in [0.4, 0.5) is 10.5 Å². The Kier molecular flexibility index (Phi) is 4.67. The van der Waals surface area contributed by atoms with Crippen LogP contribution in [0.5, 0.6) is 5.75 Å². The molecule has 0 spiro atoms. The van der Waals surface area contributed by atoms with Crippen molar-refractivity contribution in [2.45, 2.75) is 20.5 Å². The molecule has 0 bridgehead atoms. The molecule has 7 nitrogen and oxygen atoms in total. The van der Waals surface area contributed by atoms with E-state index in [1.807, 2.05) is 19.9 Å². The van der Waals surface area contributed by atoms with Crippen molar-refractivity contribution >= 4 is 11.8 Å². The smallest absolute Gasteiger partial charge is 0.429 e. The van der Waals surface area contributed by atoms with Crippen molar-refractivity contribution in [1.82, 2.24) is 4.98 Å². The van der Waals surface area contributed by atoms with Crippen LogP contribution in [0.2, 0.25) is 0 Å². The van der Waals surface area contributed by atoms with E-state index in [4.69, 9.17) is 9.47 Å². The largest absolute Gasteiger partial charge is 0.514 e. The fraction of sp³-hybridized carbons (Fsp3) is 0.200. The van der Waals surface area contributed by atoms with E-state index in [0.717, 1.165) is 16.8 Å². The average Bonchev–Trinajstić information content (AvgIpc) is 2.49. The van der Waals surface area contributed by atoms with Crippen molar-refractivity contribution in [3.63, 3.8) is 0 Å². The zero-order chi connectivity index (χ0) is 16.1. The molecule has 22 heavy (non-hydrogen) atoms. The van der Waals surface area contributed by atoms with Crippen LogP contribution in [0, 0.1) is 24.0 Å². The molecule has 0 aliphatic heterocycles. The Morgan fingerprint density at radius 2 is 1.95 bits per heavy atom. The van der Waals surface area contributed by atoms with Crippen LogP contribution in [0.15, 0.2) is 36.5 Å². The van der Waals surface area contributed by atoms with Gasteiger partial charge in [-0.1, -0.05) is 0 Å². The zero-order valence-corrected chi connectivity index (χ0v) is 12.1. The summed E-state index contributed by atoms with van der Waals surface area (Å²) in [6, 6.07) is 7.04. The number of hydrogen-bond donors (Lipinski definition) is 0. The maximum Gasteiger partial charge on any atom is 0.514 e. The Balaban J connectivity index is 1.92. The highest BCUT2D eigenvalue weighted by atomic mass is 16.7. The molecular formula is C15H14N2O5. The van der Waals surface area contributed by atoms with Gasteiger partial charge in [0.25, 0.3) is 5.69 Å². The van der Waals surface area contributed by atoms with Crippen molar-refractivity contribution in [2.75, 3.05) is 0 Å². The van der Waals surface area contributed by atoms with E-state index in [-0.39, 0.29) is 18.0 Å². The number of aromatic nitrogens is 1. The molecule has 7 heteroatoms. The molecule has 0 aliphatic carbocycles. The average molecular weight is 302 g/mol. The van der Waals surface area contributed by atoms with Gasteiger partial charge in [0.2, 0.25) is 0 Å². The minimum atomic E-state index is -0.880. The lowest BCUT2D eigenvalue weighted by molar-refractivity contribution is -0.384. The molecule has 1 aromatic carbocycles. The Bertz CT molecular complexity index is 698. The molecule has 0 atom stereocenters. The third kappa shape index (κ3) is 4.02. The van der Waals surface area contributed by atoms with Crippen molar-refractivity contribution < 1.29 is 19.2 Å². The fourth-order valence-electron chi connectivity index (χ4n) is 1.74. The van der Waals surface area contributed by atoms with Gasteiger partial charge in [-0.15, -0.1) is 0 Å². The summed E-state index contributed by atoms with van der Waals surface area (Å²) in [5.74, 6) is 0.176.